The van der Waals surface area contributed by atoms with Crippen LogP contribution in [0.15, 0.2) is 64.0 Å². The minimum Gasteiger partial charge on any atom is -0.330 e. The maximum absolute atomic E-state index is 12.3. The van der Waals surface area contributed by atoms with Gasteiger partial charge in [0.2, 0.25) is 0 Å². The molecule has 0 aliphatic carbocycles. The Kier molecular flexibility index (Phi) is 5.31. The fraction of sp³-hybridized carbons (Fsp3) is 0.200. The summed E-state index contributed by atoms with van der Waals surface area (Å²) in [5, 5.41) is 0. The van der Waals surface area contributed by atoms with Crippen LogP contribution in [0.2, 0.25) is 0 Å². The average molecular weight is 338 g/mol. The molecule has 2 unspecified atom stereocenters. The molecule has 19 heavy (non-hydrogen) atoms. The van der Waals surface area contributed by atoms with Gasteiger partial charge in [0, 0.05) is 27.6 Å². The molecule has 2 aromatic rings. The van der Waals surface area contributed by atoms with Crippen LogP contribution in [0.25, 0.3) is 0 Å². The van der Waals surface area contributed by atoms with E-state index >= 15 is 0 Å². The van der Waals surface area contributed by atoms with E-state index in [0.29, 0.717) is 12.3 Å². The van der Waals surface area contributed by atoms with Gasteiger partial charge in [-0.1, -0.05) is 46.3 Å². The highest BCUT2D eigenvalue weighted by Gasteiger charge is 2.14. The van der Waals surface area contributed by atoms with Crippen molar-refractivity contribution in [3.63, 3.8) is 0 Å². The lowest BCUT2D eigenvalue weighted by Gasteiger charge is -2.14. The molecule has 100 valence electrons. The molecule has 0 bridgehead atoms. The predicted molar refractivity (Wildman–Crippen MR) is 83.7 cm³/mol. The van der Waals surface area contributed by atoms with Gasteiger partial charge >= 0.3 is 0 Å². The molecular formula is C15H16BrNOS. The first-order valence-corrected chi connectivity index (χ1v) is 8.21. The van der Waals surface area contributed by atoms with Crippen LogP contribution in [0, 0.1) is 0 Å². The van der Waals surface area contributed by atoms with Crippen LogP contribution in [-0.4, -0.2) is 16.5 Å². The van der Waals surface area contributed by atoms with Gasteiger partial charge in [0.1, 0.15) is 0 Å². The van der Waals surface area contributed by atoms with E-state index in [1.165, 1.54) is 0 Å². The summed E-state index contributed by atoms with van der Waals surface area (Å²) in [6.07, 6.45) is 0. The molecule has 2 N–H and O–H groups in total. The van der Waals surface area contributed by atoms with E-state index in [-0.39, 0.29) is 5.92 Å². The van der Waals surface area contributed by atoms with Crippen molar-refractivity contribution in [1.29, 1.82) is 0 Å². The number of nitrogens with two attached hydrogens (primary N) is 1. The molecule has 0 saturated heterocycles. The van der Waals surface area contributed by atoms with Gasteiger partial charge in [-0.2, -0.15) is 0 Å². The van der Waals surface area contributed by atoms with Gasteiger partial charge < -0.3 is 5.73 Å². The fourth-order valence-electron chi connectivity index (χ4n) is 1.89. The van der Waals surface area contributed by atoms with Crippen molar-refractivity contribution in [2.45, 2.75) is 10.8 Å². The topological polar surface area (TPSA) is 43.1 Å². The largest absolute Gasteiger partial charge is 0.330 e. The SMILES string of the molecule is NCC(CS(=O)c1ccc(Br)cc1)c1ccccc1. The standard InChI is InChI=1S/C15H16BrNOS/c16-14-6-8-15(9-7-14)19(18)11-13(10-17)12-4-2-1-3-5-12/h1-9,13H,10-11,17H2. The minimum absolute atomic E-state index is 0.130. The van der Waals surface area contributed by atoms with Crippen LogP contribution in [0.1, 0.15) is 11.5 Å². The van der Waals surface area contributed by atoms with Crippen molar-refractivity contribution in [2.24, 2.45) is 5.73 Å². The fourth-order valence-corrected chi connectivity index (χ4v) is 3.48. The molecule has 0 amide bonds. The van der Waals surface area contributed by atoms with Gasteiger partial charge in [-0.3, -0.25) is 4.21 Å². The molecule has 2 nitrogen and oxygen atoms in total. The smallest absolute Gasteiger partial charge is 0.0536 e. The van der Waals surface area contributed by atoms with Crippen LogP contribution in [0.4, 0.5) is 0 Å². The average Bonchev–Trinajstić information content (AvgIpc) is 2.46. The second-order valence-electron chi connectivity index (χ2n) is 4.31. The van der Waals surface area contributed by atoms with E-state index in [4.69, 9.17) is 5.73 Å². The molecule has 0 aromatic heterocycles. The summed E-state index contributed by atoms with van der Waals surface area (Å²) < 4.78 is 13.3. The molecule has 2 aromatic carbocycles. The Morgan fingerprint density at radius 1 is 1.05 bits per heavy atom. The van der Waals surface area contributed by atoms with E-state index in [9.17, 15) is 4.21 Å². The van der Waals surface area contributed by atoms with Crippen molar-refractivity contribution >= 4 is 26.7 Å². The summed E-state index contributed by atoms with van der Waals surface area (Å²) in [4.78, 5) is 0.845. The summed E-state index contributed by atoms with van der Waals surface area (Å²) in [5.41, 5.74) is 6.96. The summed E-state index contributed by atoms with van der Waals surface area (Å²) in [6.45, 7) is 0.506. The van der Waals surface area contributed by atoms with Crippen LogP contribution in [-0.2, 0) is 10.8 Å². The summed E-state index contributed by atoms with van der Waals surface area (Å²) in [6, 6.07) is 17.6. The van der Waals surface area contributed by atoms with Crippen molar-refractivity contribution in [3.8, 4) is 0 Å². The van der Waals surface area contributed by atoms with Gasteiger partial charge in [-0.15, -0.1) is 0 Å². The van der Waals surface area contributed by atoms with E-state index < -0.39 is 10.8 Å². The predicted octanol–water partition coefficient (Wildman–Crippen LogP) is 3.30. The van der Waals surface area contributed by atoms with Crippen molar-refractivity contribution in [3.05, 3.63) is 64.6 Å². The third kappa shape index (κ3) is 4.00. The van der Waals surface area contributed by atoms with Gasteiger partial charge in [0.15, 0.2) is 0 Å². The molecule has 2 rings (SSSR count). The molecule has 0 spiro atoms. The number of hydrogen-bond donors (Lipinski definition) is 1. The highest BCUT2D eigenvalue weighted by Crippen LogP contribution is 2.20. The summed E-state index contributed by atoms with van der Waals surface area (Å²) in [5.74, 6) is 0.688. The van der Waals surface area contributed by atoms with Crippen molar-refractivity contribution < 1.29 is 4.21 Å². The lowest BCUT2D eigenvalue weighted by atomic mass is 10.0. The molecule has 0 saturated carbocycles. The Hall–Kier alpha value is -0.970. The van der Waals surface area contributed by atoms with Crippen LogP contribution < -0.4 is 5.73 Å². The van der Waals surface area contributed by atoms with Gasteiger partial charge in [-0.05, 0) is 29.8 Å². The number of benzene rings is 2. The Balaban J connectivity index is 2.10. The Morgan fingerprint density at radius 2 is 1.68 bits per heavy atom. The first-order valence-electron chi connectivity index (χ1n) is 6.09. The Labute approximate surface area is 124 Å². The lowest BCUT2D eigenvalue weighted by Crippen LogP contribution is -2.19. The third-order valence-electron chi connectivity index (χ3n) is 2.98. The van der Waals surface area contributed by atoms with Gasteiger partial charge in [0.25, 0.3) is 0 Å². The lowest BCUT2D eigenvalue weighted by molar-refractivity contribution is 0.672. The maximum Gasteiger partial charge on any atom is 0.0536 e. The highest BCUT2D eigenvalue weighted by atomic mass is 79.9. The normalized spacial score (nSPS) is 14.0. The zero-order valence-electron chi connectivity index (χ0n) is 10.5. The third-order valence-corrected chi connectivity index (χ3v) is 5.02. The maximum atomic E-state index is 12.3. The van der Waals surface area contributed by atoms with Gasteiger partial charge in [-0.25, -0.2) is 0 Å². The number of hydrogen-bond acceptors (Lipinski definition) is 2. The molecule has 0 aliphatic rings. The van der Waals surface area contributed by atoms with Crippen molar-refractivity contribution in [2.75, 3.05) is 12.3 Å². The van der Waals surface area contributed by atoms with Crippen LogP contribution in [0.5, 0.6) is 0 Å². The minimum atomic E-state index is -1.02. The molecule has 2 atom stereocenters. The zero-order valence-corrected chi connectivity index (χ0v) is 12.9. The highest BCUT2D eigenvalue weighted by molar-refractivity contribution is 9.10. The van der Waals surface area contributed by atoms with E-state index in [2.05, 4.69) is 15.9 Å². The van der Waals surface area contributed by atoms with Gasteiger partial charge in [0.05, 0.1) is 10.8 Å². The van der Waals surface area contributed by atoms with Crippen LogP contribution in [0.3, 0.4) is 0 Å². The van der Waals surface area contributed by atoms with E-state index in [0.717, 1.165) is 14.9 Å². The van der Waals surface area contributed by atoms with E-state index in [1.807, 2.05) is 54.6 Å². The molecule has 0 heterocycles. The Bertz CT molecular complexity index is 542. The molecule has 0 fully saturated rings. The Morgan fingerprint density at radius 3 is 2.26 bits per heavy atom. The number of rotatable bonds is 5. The quantitative estimate of drug-likeness (QED) is 0.909. The molecular weight excluding hydrogens is 322 g/mol. The molecule has 0 radical (unpaired) electrons. The van der Waals surface area contributed by atoms with Crippen LogP contribution >= 0.6 is 15.9 Å². The zero-order chi connectivity index (χ0) is 13.7. The number of halogens is 1. The first kappa shape index (κ1) is 14.4. The van der Waals surface area contributed by atoms with Crippen molar-refractivity contribution in [1.82, 2.24) is 0 Å². The second kappa shape index (κ2) is 6.98. The summed E-state index contributed by atoms with van der Waals surface area (Å²) in [7, 11) is -1.02. The molecule has 0 aliphatic heterocycles. The molecule has 4 heteroatoms. The monoisotopic (exact) mass is 337 g/mol. The first-order chi connectivity index (χ1) is 9.20. The second-order valence-corrected chi connectivity index (χ2v) is 6.72. The summed E-state index contributed by atoms with van der Waals surface area (Å²) >= 11 is 3.38. The van der Waals surface area contributed by atoms with E-state index in [1.54, 1.807) is 0 Å².